The molecule has 5 nitrogen and oxygen atoms in total. The van der Waals surface area contributed by atoms with Gasteiger partial charge in [-0.3, -0.25) is 14.4 Å². The van der Waals surface area contributed by atoms with E-state index in [-0.39, 0.29) is 24.0 Å². The van der Waals surface area contributed by atoms with Gasteiger partial charge in [0.1, 0.15) is 0 Å². The average molecular weight is 395 g/mol. The monoisotopic (exact) mass is 394 g/mol. The molecule has 2 aromatic rings. The lowest BCUT2D eigenvalue weighted by Gasteiger charge is -2.22. The number of benzene rings is 2. The van der Waals surface area contributed by atoms with E-state index in [0.717, 1.165) is 11.1 Å². The number of hydrogen-bond donors (Lipinski definition) is 0. The Balaban J connectivity index is 1.67. The summed E-state index contributed by atoms with van der Waals surface area (Å²) in [5.41, 5.74) is 2.86. The van der Waals surface area contributed by atoms with Gasteiger partial charge in [0.05, 0.1) is 5.56 Å². The molecule has 1 fully saturated rings. The molecule has 1 heterocycles. The number of amides is 2. The van der Waals surface area contributed by atoms with Crippen molar-refractivity contribution in [1.82, 2.24) is 9.80 Å². The number of nitrogens with zero attached hydrogens (tertiary/aromatic N) is 2. The van der Waals surface area contributed by atoms with E-state index < -0.39 is 0 Å². The molecule has 0 radical (unpaired) electrons. The number of rotatable bonds is 3. The molecule has 4 rings (SSSR count). The Morgan fingerprint density at radius 2 is 1.89 bits per heavy atom. The molecule has 0 saturated carbocycles. The normalized spacial score (nSPS) is 15.9. The van der Waals surface area contributed by atoms with Gasteiger partial charge >= 0.3 is 0 Å². The molecule has 0 atom stereocenters. The molecular formula is C22H19ClN2O3. The van der Waals surface area contributed by atoms with Gasteiger partial charge in [-0.25, -0.2) is 0 Å². The van der Waals surface area contributed by atoms with Gasteiger partial charge in [-0.05, 0) is 29.3 Å². The van der Waals surface area contributed by atoms with Crippen LogP contribution in [0.5, 0.6) is 0 Å². The van der Waals surface area contributed by atoms with Crippen LogP contribution < -0.4 is 0 Å². The predicted octanol–water partition coefficient (Wildman–Crippen LogP) is 3.41. The van der Waals surface area contributed by atoms with Crippen LogP contribution in [-0.2, 0) is 4.79 Å². The highest BCUT2D eigenvalue weighted by Gasteiger charge is 2.33. The van der Waals surface area contributed by atoms with Crippen LogP contribution in [0.15, 0.2) is 49.1 Å². The second kappa shape index (κ2) is 7.24. The molecule has 28 heavy (non-hydrogen) atoms. The predicted molar refractivity (Wildman–Crippen MR) is 108 cm³/mol. The Morgan fingerprint density at radius 3 is 2.68 bits per heavy atom. The number of carbonyl (C=O) groups excluding carboxylic acids is 3. The van der Waals surface area contributed by atoms with Gasteiger partial charge in [0.25, 0.3) is 5.91 Å². The third-order valence-corrected chi connectivity index (χ3v) is 5.50. The molecule has 0 bridgehead atoms. The molecule has 0 spiro atoms. The quantitative estimate of drug-likeness (QED) is 0.639. The van der Waals surface area contributed by atoms with Crippen molar-refractivity contribution in [2.24, 2.45) is 0 Å². The summed E-state index contributed by atoms with van der Waals surface area (Å²) < 4.78 is 0. The van der Waals surface area contributed by atoms with Crippen LogP contribution in [0.2, 0.25) is 5.02 Å². The molecule has 1 aliphatic carbocycles. The van der Waals surface area contributed by atoms with Gasteiger partial charge in [-0.2, -0.15) is 0 Å². The standard InChI is InChI=1S/C22H19ClN2O3/c1-2-9-24-11-12-25(10-8-19(24)26)22(28)17-5-3-4-16-15-7-6-14(23)13-18(15)21(27)20(16)17/h2-7,13H,1,8-12H2. The number of hydrogen-bond acceptors (Lipinski definition) is 3. The molecular weight excluding hydrogens is 376 g/mol. The third-order valence-electron chi connectivity index (χ3n) is 5.26. The van der Waals surface area contributed by atoms with Gasteiger partial charge in [-0.15, -0.1) is 6.58 Å². The smallest absolute Gasteiger partial charge is 0.254 e. The lowest BCUT2D eigenvalue weighted by molar-refractivity contribution is -0.129. The zero-order valence-corrected chi connectivity index (χ0v) is 16.0. The Labute approximate surface area is 168 Å². The van der Waals surface area contributed by atoms with E-state index in [4.69, 9.17) is 11.6 Å². The molecule has 0 N–H and O–H groups in total. The molecule has 0 aromatic heterocycles. The van der Waals surface area contributed by atoms with Gasteiger partial charge in [-0.1, -0.05) is 35.9 Å². The maximum atomic E-state index is 13.2. The zero-order chi connectivity index (χ0) is 19.8. The summed E-state index contributed by atoms with van der Waals surface area (Å²) in [6, 6.07) is 10.5. The van der Waals surface area contributed by atoms with E-state index in [1.807, 2.05) is 12.1 Å². The van der Waals surface area contributed by atoms with Crippen LogP contribution in [0.3, 0.4) is 0 Å². The maximum Gasteiger partial charge on any atom is 0.254 e. The number of halogens is 1. The van der Waals surface area contributed by atoms with Gasteiger partial charge in [0.2, 0.25) is 5.91 Å². The fraction of sp³-hybridized carbons (Fsp3) is 0.227. The minimum Gasteiger partial charge on any atom is -0.337 e. The molecule has 142 valence electrons. The number of fused-ring (bicyclic) bond motifs is 3. The highest BCUT2D eigenvalue weighted by atomic mass is 35.5. The first-order valence-corrected chi connectivity index (χ1v) is 9.54. The van der Waals surface area contributed by atoms with Crippen LogP contribution >= 0.6 is 11.6 Å². The Hall–Kier alpha value is -2.92. The van der Waals surface area contributed by atoms with Crippen molar-refractivity contribution in [3.8, 4) is 11.1 Å². The van der Waals surface area contributed by atoms with Crippen molar-refractivity contribution in [1.29, 1.82) is 0 Å². The Kier molecular flexibility index (Phi) is 4.77. The molecule has 2 aromatic carbocycles. The van der Waals surface area contributed by atoms with Gasteiger partial charge < -0.3 is 9.80 Å². The van der Waals surface area contributed by atoms with E-state index in [1.54, 1.807) is 40.1 Å². The van der Waals surface area contributed by atoms with Crippen molar-refractivity contribution < 1.29 is 14.4 Å². The summed E-state index contributed by atoms with van der Waals surface area (Å²) >= 11 is 6.06. The third kappa shape index (κ3) is 3.02. The topological polar surface area (TPSA) is 57.7 Å². The SMILES string of the molecule is C=CCN1CCN(C(=O)c2cccc3c2C(=O)c2cc(Cl)ccc2-3)CCC1=O. The average Bonchev–Trinajstić information content (AvgIpc) is 2.84. The minimum atomic E-state index is -0.225. The highest BCUT2D eigenvalue weighted by Crippen LogP contribution is 2.39. The largest absolute Gasteiger partial charge is 0.337 e. The van der Waals surface area contributed by atoms with Gasteiger partial charge in [0, 0.05) is 48.7 Å². The minimum absolute atomic E-state index is 0.00612. The highest BCUT2D eigenvalue weighted by molar-refractivity contribution is 6.32. The molecule has 1 saturated heterocycles. The fourth-order valence-corrected chi connectivity index (χ4v) is 4.03. The van der Waals surface area contributed by atoms with Crippen molar-refractivity contribution in [3.63, 3.8) is 0 Å². The van der Waals surface area contributed by atoms with Crippen molar-refractivity contribution in [2.45, 2.75) is 6.42 Å². The lowest BCUT2D eigenvalue weighted by Crippen LogP contribution is -2.36. The summed E-state index contributed by atoms with van der Waals surface area (Å²) in [5.74, 6) is -0.403. The van der Waals surface area contributed by atoms with Crippen LogP contribution in [0.4, 0.5) is 0 Å². The molecule has 6 heteroatoms. The first-order chi connectivity index (χ1) is 13.5. The summed E-state index contributed by atoms with van der Waals surface area (Å²) in [5, 5.41) is 0.487. The Bertz CT molecular complexity index is 1010. The fourth-order valence-electron chi connectivity index (χ4n) is 3.86. The van der Waals surface area contributed by atoms with E-state index in [2.05, 4.69) is 6.58 Å². The van der Waals surface area contributed by atoms with E-state index in [9.17, 15) is 14.4 Å². The van der Waals surface area contributed by atoms with Crippen LogP contribution in [0.25, 0.3) is 11.1 Å². The number of ketones is 1. The number of carbonyl (C=O) groups is 3. The van der Waals surface area contributed by atoms with Gasteiger partial charge in [0.15, 0.2) is 5.78 Å². The molecule has 2 amide bonds. The summed E-state index contributed by atoms with van der Waals surface area (Å²) in [4.78, 5) is 41.8. The second-order valence-electron chi connectivity index (χ2n) is 6.92. The van der Waals surface area contributed by atoms with Crippen molar-refractivity contribution >= 4 is 29.2 Å². The first-order valence-electron chi connectivity index (χ1n) is 9.17. The summed E-state index contributed by atoms with van der Waals surface area (Å²) in [6.45, 7) is 5.36. The van der Waals surface area contributed by atoms with Crippen LogP contribution in [-0.4, -0.2) is 53.6 Å². The second-order valence-corrected chi connectivity index (χ2v) is 7.35. The summed E-state index contributed by atoms with van der Waals surface area (Å²) in [7, 11) is 0. The van der Waals surface area contributed by atoms with E-state index in [0.29, 0.717) is 47.9 Å². The van der Waals surface area contributed by atoms with Crippen molar-refractivity contribution in [3.05, 3.63) is 70.8 Å². The van der Waals surface area contributed by atoms with E-state index in [1.165, 1.54) is 0 Å². The molecule has 2 aliphatic rings. The zero-order valence-electron chi connectivity index (χ0n) is 15.3. The first kappa shape index (κ1) is 18.4. The van der Waals surface area contributed by atoms with Crippen LogP contribution in [0, 0.1) is 0 Å². The van der Waals surface area contributed by atoms with Crippen molar-refractivity contribution in [2.75, 3.05) is 26.2 Å². The lowest BCUT2D eigenvalue weighted by atomic mass is 10.00. The van der Waals surface area contributed by atoms with E-state index >= 15 is 0 Å². The molecule has 0 unspecified atom stereocenters. The van der Waals surface area contributed by atoms with Crippen LogP contribution in [0.1, 0.15) is 32.7 Å². The Morgan fingerprint density at radius 1 is 1.07 bits per heavy atom. The molecule has 1 aliphatic heterocycles. The summed E-state index contributed by atoms with van der Waals surface area (Å²) in [6.07, 6.45) is 1.94. The maximum absolute atomic E-state index is 13.2.